The summed E-state index contributed by atoms with van der Waals surface area (Å²) in [6, 6.07) is 20.9. The van der Waals surface area contributed by atoms with Crippen LogP contribution in [-0.2, 0) is 12.8 Å². The van der Waals surface area contributed by atoms with Gasteiger partial charge in [-0.25, -0.2) is 0 Å². The molecule has 0 aliphatic heterocycles. The largest absolute Gasteiger partial charge is 0.368 e. The molecule has 25 heavy (non-hydrogen) atoms. The molecule has 0 spiro atoms. The van der Waals surface area contributed by atoms with Gasteiger partial charge in [0.15, 0.2) is 5.82 Å². The zero-order chi connectivity index (χ0) is 17.2. The molecule has 0 saturated carbocycles. The molecule has 2 aromatic carbocycles. The smallest absolute Gasteiger partial charge is 0.244 e. The predicted octanol–water partition coefficient (Wildman–Crippen LogP) is 3.57. The standard InChI is InChI=1S/C20H23N5/c1-3-8-17(9-4-1)12-7-14-22-20-24-19(16-23-25-20)21-15-13-18-10-5-2-6-11-18/h1-6,8-11,16H,7,12-15H2,(H2,21,22,24,25). The van der Waals surface area contributed by atoms with Gasteiger partial charge in [0.1, 0.15) is 0 Å². The molecule has 5 nitrogen and oxygen atoms in total. The van der Waals surface area contributed by atoms with E-state index in [1.54, 1.807) is 6.20 Å². The topological polar surface area (TPSA) is 62.7 Å². The molecule has 128 valence electrons. The molecule has 1 aromatic heterocycles. The summed E-state index contributed by atoms with van der Waals surface area (Å²) in [4.78, 5) is 4.45. The summed E-state index contributed by atoms with van der Waals surface area (Å²) in [6.07, 6.45) is 4.67. The van der Waals surface area contributed by atoms with E-state index in [1.165, 1.54) is 11.1 Å². The Balaban J connectivity index is 1.40. The van der Waals surface area contributed by atoms with Crippen LogP contribution < -0.4 is 10.6 Å². The van der Waals surface area contributed by atoms with E-state index in [4.69, 9.17) is 0 Å². The quantitative estimate of drug-likeness (QED) is 0.586. The highest BCUT2D eigenvalue weighted by molar-refractivity contribution is 5.37. The Bertz CT molecular complexity index is 746. The summed E-state index contributed by atoms with van der Waals surface area (Å²) < 4.78 is 0. The molecule has 3 rings (SSSR count). The minimum Gasteiger partial charge on any atom is -0.368 e. The first-order chi connectivity index (χ1) is 12.4. The van der Waals surface area contributed by atoms with Gasteiger partial charge in [-0.15, -0.1) is 5.10 Å². The highest BCUT2D eigenvalue weighted by atomic mass is 15.3. The third-order valence-corrected chi connectivity index (χ3v) is 3.89. The average molecular weight is 333 g/mol. The second-order valence-corrected chi connectivity index (χ2v) is 5.84. The Morgan fingerprint density at radius 1 is 0.720 bits per heavy atom. The Kier molecular flexibility index (Phi) is 6.33. The van der Waals surface area contributed by atoms with Crippen LogP contribution in [-0.4, -0.2) is 28.3 Å². The molecule has 0 unspecified atom stereocenters. The lowest BCUT2D eigenvalue weighted by Gasteiger charge is -2.08. The van der Waals surface area contributed by atoms with Gasteiger partial charge in [-0.1, -0.05) is 60.7 Å². The maximum Gasteiger partial charge on any atom is 0.244 e. The van der Waals surface area contributed by atoms with Crippen LogP contribution in [0.25, 0.3) is 0 Å². The molecule has 3 aromatic rings. The van der Waals surface area contributed by atoms with Crippen molar-refractivity contribution in [3.8, 4) is 0 Å². The van der Waals surface area contributed by atoms with Crippen molar-refractivity contribution in [3.63, 3.8) is 0 Å². The fourth-order valence-electron chi connectivity index (χ4n) is 2.58. The van der Waals surface area contributed by atoms with Crippen LogP contribution in [0, 0.1) is 0 Å². The van der Waals surface area contributed by atoms with E-state index < -0.39 is 0 Å². The molecule has 0 radical (unpaired) electrons. The highest BCUT2D eigenvalue weighted by Crippen LogP contribution is 2.06. The molecule has 5 heteroatoms. The van der Waals surface area contributed by atoms with E-state index >= 15 is 0 Å². The van der Waals surface area contributed by atoms with Crippen molar-refractivity contribution in [2.45, 2.75) is 19.3 Å². The molecule has 1 heterocycles. The van der Waals surface area contributed by atoms with Crippen LogP contribution in [0.3, 0.4) is 0 Å². The zero-order valence-electron chi connectivity index (χ0n) is 14.2. The minimum atomic E-state index is 0.567. The lowest BCUT2D eigenvalue weighted by molar-refractivity contribution is 0.841. The fraction of sp³-hybridized carbons (Fsp3) is 0.250. The Morgan fingerprint density at radius 2 is 1.40 bits per heavy atom. The van der Waals surface area contributed by atoms with Gasteiger partial charge in [0.05, 0.1) is 6.20 Å². The van der Waals surface area contributed by atoms with E-state index in [2.05, 4.69) is 74.3 Å². The second kappa shape index (κ2) is 9.37. The summed E-state index contributed by atoms with van der Waals surface area (Å²) in [5.74, 6) is 1.31. The summed E-state index contributed by atoms with van der Waals surface area (Å²) in [5.41, 5.74) is 2.65. The van der Waals surface area contributed by atoms with Gasteiger partial charge in [-0.2, -0.15) is 10.1 Å². The lowest BCUT2D eigenvalue weighted by atomic mass is 10.1. The Labute approximate surface area is 148 Å². The van der Waals surface area contributed by atoms with Gasteiger partial charge in [-0.05, 0) is 30.4 Å². The maximum absolute atomic E-state index is 4.45. The summed E-state index contributed by atoms with van der Waals surface area (Å²) in [5, 5.41) is 14.6. The number of hydrogen-bond donors (Lipinski definition) is 2. The second-order valence-electron chi connectivity index (χ2n) is 5.84. The monoisotopic (exact) mass is 333 g/mol. The van der Waals surface area contributed by atoms with Crippen LogP contribution in [0.1, 0.15) is 17.5 Å². The van der Waals surface area contributed by atoms with Gasteiger partial charge in [0, 0.05) is 13.1 Å². The van der Waals surface area contributed by atoms with Crippen LogP contribution >= 0.6 is 0 Å². The van der Waals surface area contributed by atoms with Crippen molar-refractivity contribution in [2.24, 2.45) is 0 Å². The zero-order valence-corrected chi connectivity index (χ0v) is 14.2. The van der Waals surface area contributed by atoms with Crippen molar-refractivity contribution < 1.29 is 0 Å². The van der Waals surface area contributed by atoms with Crippen molar-refractivity contribution in [2.75, 3.05) is 23.7 Å². The first-order valence-electron chi connectivity index (χ1n) is 8.65. The van der Waals surface area contributed by atoms with Crippen LogP contribution in [0.2, 0.25) is 0 Å². The van der Waals surface area contributed by atoms with E-state index in [9.17, 15) is 0 Å². The number of nitrogens with zero attached hydrogens (tertiary/aromatic N) is 3. The SMILES string of the molecule is c1ccc(CCCNc2nncc(NCCc3ccccc3)n2)cc1. The van der Waals surface area contributed by atoms with Gasteiger partial charge in [0.25, 0.3) is 0 Å². The van der Waals surface area contributed by atoms with E-state index in [-0.39, 0.29) is 0 Å². The Hall–Kier alpha value is -2.95. The van der Waals surface area contributed by atoms with Crippen molar-refractivity contribution >= 4 is 11.8 Å². The first-order valence-corrected chi connectivity index (χ1v) is 8.65. The van der Waals surface area contributed by atoms with Crippen LogP contribution in [0.5, 0.6) is 0 Å². The molecule has 0 atom stereocenters. The van der Waals surface area contributed by atoms with E-state index in [1.807, 2.05) is 12.1 Å². The van der Waals surface area contributed by atoms with Crippen molar-refractivity contribution in [1.29, 1.82) is 0 Å². The van der Waals surface area contributed by atoms with Gasteiger partial charge < -0.3 is 10.6 Å². The number of anilines is 2. The van der Waals surface area contributed by atoms with Gasteiger partial charge in [-0.3, -0.25) is 0 Å². The predicted molar refractivity (Wildman–Crippen MR) is 102 cm³/mol. The molecule has 0 saturated heterocycles. The highest BCUT2D eigenvalue weighted by Gasteiger charge is 2.00. The van der Waals surface area contributed by atoms with Crippen LogP contribution in [0.4, 0.5) is 11.8 Å². The normalized spacial score (nSPS) is 10.4. The van der Waals surface area contributed by atoms with Crippen molar-refractivity contribution in [3.05, 3.63) is 78.0 Å². The van der Waals surface area contributed by atoms with Gasteiger partial charge >= 0.3 is 0 Å². The summed E-state index contributed by atoms with van der Waals surface area (Å²) in [7, 11) is 0. The van der Waals surface area contributed by atoms with Crippen molar-refractivity contribution in [1.82, 2.24) is 15.2 Å². The summed E-state index contributed by atoms with van der Waals surface area (Å²) in [6.45, 7) is 1.64. The third kappa shape index (κ3) is 5.88. The lowest BCUT2D eigenvalue weighted by Crippen LogP contribution is -2.11. The Morgan fingerprint density at radius 3 is 2.12 bits per heavy atom. The average Bonchev–Trinajstić information content (AvgIpc) is 2.67. The minimum absolute atomic E-state index is 0.567. The molecule has 0 amide bonds. The number of aromatic nitrogens is 3. The molecule has 0 aliphatic rings. The number of rotatable bonds is 9. The first kappa shape index (κ1) is 16.9. The molecule has 2 N–H and O–H groups in total. The molecule has 0 fully saturated rings. The number of hydrogen-bond acceptors (Lipinski definition) is 5. The number of aryl methyl sites for hydroxylation is 1. The van der Waals surface area contributed by atoms with Crippen LogP contribution in [0.15, 0.2) is 66.9 Å². The van der Waals surface area contributed by atoms with Gasteiger partial charge in [0.2, 0.25) is 5.95 Å². The summed E-state index contributed by atoms with van der Waals surface area (Å²) >= 11 is 0. The third-order valence-electron chi connectivity index (χ3n) is 3.89. The molecule has 0 bridgehead atoms. The number of nitrogens with one attached hydrogen (secondary N) is 2. The molecular formula is C20H23N5. The van der Waals surface area contributed by atoms with E-state index in [0.29, 0.717) is 5.95 Å². The molecule has 0 aliphatic carbocycles. The maximum atomic E-state index is 4.45. The van der Waals surface area contributed by atoms with E-state index in [0.717, 1.165) is 38.2 Å². The fourth-order valence-corrected chi connectivity index (χ4v) is 2.58. The number of benzene rings is 2. The molecular weight excluding hydrogens is 310 g/mol.